The van der Waals surface area contributed by atoms with Crippen molar-refractivity contribution in [3.05, 3.63) is 53.6 Å². The summed E-state index contributed by atoms with van der Waals surface area (Å²) in [7, 11) is 0. The third-order valence-corrected chi connectivity index (χ3v) is 2.36. The van der Waals surface area contributed by atoms with E-state index in [1.807, 2.05) is 6.92 Å². The number of ether oxygens (including phenoxy) is 1. The summed E-state index contributed by atoms with van der Waals surface area (Å²) in [5, 5.41) is 0. The SMILES string of the molecule is Cc1cc(Oc2ccc(F)cc2F)ccc1N. The van der Waals surface area contributed by atoms with Crippen LogP contribution in [0.5, 0.6) is 11.5 Å². The highest BCUT2D eigenvalue weighted by molar-refractivity contribution is 5.50. The van der Waals surface area contributed by atoms with Crippen LogP contribution in [0.1, 0.15) is 5.56 Å². The molecule has 0 saturated heterocycles. The number of nitrogens with two attached hydrogens (primary N) is 1. The fourth-order valence-electron chi connectivity index (χ4n) is 1.40. The van der Waals surface area contributed by atoms with Gasteiger partial charge >= 0.3 is 0 Å². The molecule has 0 aliphatic carbocycles. The third kappa shape index (κ3) is 2.53. The molecule has 0 spiro atoms. The maximum Gasteiger partial charge on any atom is 0.168 e. The fraction of sp³-hybridized carbons (Fsp3) is 0.0769. The fourth-order valence-corrected chi connectivity index (χ4v) is 1.40. The van der Waals surface area contributed by atoms with E-state index < -0.39 is 11.6 Å². The minimum absolute atomic E-state index is 0.0180. The number of anilines is 1. The second-order valence-corrected chi connectivity index (χ2v) is 3.70. The maximum absolute atomic E-state index is 13.3. The van der Waals surface area contributed by atoms with E-state index in [9.17, 15) is 8.78 Å². The summed E-state index contributed by atoms with van der Waals surface area (Å²) >= 11 is 0. The van der Waals surface area contributed by atoms with Gasteiger partial charge in [-0.05, 0) is 42.8 Å². The van der Waals surface area contributed by atoms with Crippen molar-refractivity contribution in [2.24, 2.45) is 0 Å². The maximum atomic E-state index is 13.3. The minimum atomic E-state index is -0.737. The molecule has 88 valence electrons. The van der Waals surface area contributed by atoms with E-state index in [2.05, 4.69) is 0 Å². The Hall–Kier alpha value is -2.10. The molecule has 0 fully saturated rings. The molecule has 2 aromatic carbocycles. The Morgan fingerprint density at radius 3 is 2.47 bits per heavy atom. The molecular weight excluding hydrogens is 224 g/mol. The molecule has 2 rings (SSSR count). The van der Waals surface area contributed by atoms with Crippen molar-refractivity contribution in [1.82, 2.24) is 0 Å². The molecule has 0 aliphatic rings. The zero-order chi connectivity index (χ0) is 12.4. The van der Waals surface area contributed by atoms with E-state index in [1.54, 1.807) is 18.2 Å². The topological polar surface area (TPSA) is 35.2 Å². The van der Waals surface area contributed by atoms with Crippen LogP contribution in [0.15, 0.2) is 36.4 Å². The van der Waals surface area contributed by atoms with Crippen LogP contribution in [0.25, 0.3) is 0 Å². The van der Waals surface area contributed by atoms with Crippen LogP contribution >= 0.6 is 0 Å². The summed E-state index contributed by atoms with van der Waals surface area (Å²) in [6.45, 7) is 1.82. The van der Waals surface area contributed by atoms with Crippen molar-refractivity contribution in [1.29, 1.82) is 0 Å². The van der Waals surface area contributed by atoms with Crippen LogP contribution in [0.2, 0.25) is 0 Å². The summed E-state index contributed by atoms with van der Waals surface area (Å²) < 4.78 is 31.3. The van der Waals surface area contributed by atoms with Crippen LogP contribution in [0, 0.1) is 18.6 Å². The predicted octanol–water partition coefficient (Wildman–Crippen LogP) is 3.65. The minimum Gasteiger partial charge on any atom is -0.454 e. The van der Waals surface area contributed by atoms with Gasteiger partial charge in [0, 0.05) is 11.8 Å². The Labute approximate surface area is 97.6 Å². The van der Waals surface area contributed by atoms with E-state index in [0.717, 1.165) is 17.7 Å². The Balaban J connectivity index is 2.28. The van der Waals surface area contributed by atoms with Crippen LogP contribution < -0.4 is 10.5 Å². The van der Waals surface area contributed by atoms with Gasteiger partial charge in [0.1, 0.15) is 11.6 Å². The lowest BCUT2D eigenvalue weighted by Crippen LogP contribution is -1.92. The van der Waals surface area contributed by atoms with Gasteiger partial charge in [0.15, 0.2) is 11.6 Å². The quantitative estimate of drug-likeness (QED) is 0.806. The van der Waals surface area contributed by atoms with E-state index in [0.29, 0.717) is 11.4 Å². The van der Waals surface area contributed by atoms with Gasteiger partial charge in [0.05, 0.1) is 0 Å². The molecule has 4 heteroatoms. The lowest BCUT2D eigenvalue weighted by atomic mass is 10.2. The zero-order valence-electron chi connectivity index (χ0n) is 9.21. The molecule has 2 N–H and O–H groups in total. The highest BCUT2D eigenvalue weighted by Crippen LogP contribution is 2.27. The van der Waals surface area contributed by atoms with Crippen LogP contribution in [-0.2, 0) is 0 Å². The van der Waals surface area contributed by atoms with Crippen molar-refractivity contribution in [3.63, 3.8) is 0 Å². The van der Waals surface area contributed by atoms with Gasteiger partial charge in [0.25, 0.3) is 0 Å². The predicted molar refractivity (Wildman–Crippen MR) is 62.0 cm³/mol. The van der Waals surface area contributed by atoms with E-state index in [-0.39, 0.29) is 5.75 Å². The van der Waals surface area contributed by atoms with Crippen LogP contribution in [0.3, 0.4) is 0 Å². The number of nitrogen functional groups attached to an aromatic ring is 1. The first-order chi connectivity index (χ1) is 8.06. The normalized spacial score (nSPS) is 10.3. The lowest BCUT2D eigenvalue weighted by Gasteiger charge is -2.08. The standard InChI is InChI=1S/C13H11F2NO/c1-8-6-10(3-4-12(8)16)17-13-5-2-9(14)7-11(13)15/h2-7H,16H2,1H3. The van der Waals surface area contributed by atoms with Crippen molar-refractivity contribution >= 4 is 5.69 Å². The van der Waals surface area contributed by atoms with Gasteiger partial charge in [-0.2, -0.15) is 0 Å². The third-order valence-electron chi connectivity index (χ3n) is 2.36. The van der Waals surface area contributed by atoms with Crippen molar-refractivity contribution in [2.45, 2.75) is 6.92 Å². The first-order valence-electron chi connectivity index (χ1n) is 5.05. The van der Waals surface area contributed by atoms with Gasteiger partial charge in [-0.1, -0.05) is 0 Å². The number of hydrogen-bond acceptors (Lipinski definition) is 2. The van der Waals surface area contributed by atoms with Crippen molar-refractivity contribution in [3.8, 4) is 11.5 Å². The molecule has 0 aromatic heterocycles. The summed E-state index contributed by atoms with van der Waals surface area (Å²) in [5.74, 6) is -0.930. The Kier molecular flexibility index (Phi) is 2.95. The summed E-state index contributed by atoms with van der Waals surface area (Å²) in [5.41, 5.74) is 7.13. The molecule has 0 aliphatic heterocycles. The molecule has 0 bridgehead atoms. The summed E-state index contributed by atoms with van der Waals surface area (Å²) in [6, 6.07) is 8.16. The zero-order valence-corrected chi connectivity index (χ0v) is 9.21. The molecule has 0 radical (unpaired) electrons. The molecule has 0 unspecified atom stereocenters. The van der Waals surface area contributed by atoms with Crippen LogP contribution in [-0.4, -0.2) is 0 Å². The highest BCUT2D eigenvalue weighted by Gasteiger charge is 2.06. The molecule has 2 aromatic rings. The van der Waals surface area contributed by atoms with Crippen LogP contribution in [0.4, 0.5) is 14.5 Å². The summed E-state index contributed by atoms with van der Waals surface area (Å²) in [6.07, 6.45) is 0. The van der Waals surface area contributed by atoms with Crippen molar-refractivity contribution in [2.75, 3.05) is 5.73 Å². The summed E-state index contributed by atoms with van der Waals surface area (Å²) in [4.78, 5) is 0. The van der Waals surface area contributed by atoms with Gasteiger partial charge in [-0.15, -0.1) is 0 Å². The number of halogens is 2. The van der Waals surface area contributed by atoms with Gasteiger partial charge in [0.2, 0.25) is 0 Å². The second-order valence-electron chi connectivity index (χ2n) is 3.70. The van der Waals surface area contributed by atoms with Crippen molar-refractivity contribution < 1.29 is 13.5 Å². The van der Waals surface area contributed by atoms with E-state index in [4.69, 9.17) is 10.5 Å². The van der Waals surface area contributed by atoms with Gasteiger partial charge in [-0.3, -0.25) is 0 Å². The Bertz CT molecular complexity index is 555. The molecule has 0 saturated carbocycles. The molecule has 17 heavy (non-hydrogen) atoms. The first kappa shape index (κ1) is 11.4. The number of aryl methyl sites for hydroxylation is 1. The van der Waals surface area contributed by atoms with E-state index in [1.165, 1.54) is 6.07 Å². The second kappa shape index (κ2) is 4.41. The molecule has 0 atom stereocenters. The number of rotatable bonds is 2. The largest absolute Gasteiger partial charge is 0.454 e. The first-order valence-corrected chi connectivity index (χ1v) is 5.05. The van der Waals surface area contributed by atoms with Gasteiger partial charge in [-0.25, -0.2) is 8.78 Å². The smallest absolute Gasteiger partial charge is 0.168 e. The Morgan fingerprint density at radius 2 is 1.82 bits per heavy atom. The lowest BCUT2D eigenvalue weighted by molar-refractivity contribution is 0.437. The van der Waals surface area contributed by atoms with Gasteiger partial charge < -0.3 is 10.5 Å². The molecule has 0 heterocycles. The average Bonchev–Trinajstić information content (AvgIpc) is 2.27. The molecular formula is C13H11F2NO. The average molecular weight is 235 g/mol. The number of hydrogen-bond donors (Lipinski definition) is 1. The number of benzene rings is 2. The molecule has 0 amide bonds. The highest BCUT2D eigenvalue weighted by atomic mass is 19.1. The van der Waals surface area contributed by atoms with E-state index >= 15 is 0 Å². The Morgan fingerprint density at radius 1 is 1.06 bits per heavy atom. The monoisotopic (exact) mass is 235 g/mol. The molecule has 2 nitrogen and oxygen atoms in total.